The van der Waals surface area contributed by atoms with Gasteiger partial charge < -0.3 is 9.53 Å². The fraction of sp³-hybridized carbons (Fsp3) is 0.462. The first-order chi connectivity index (χ1) is 9.48. The van der Waals surface area contributed by atoms with Crippen LogP contribution >= 0.6 is 11.6 Å². The Morgan fingerprint density at radius 3 is 2.85 bits per heavy atom. The van der Waals surface area contributed by atoms with Crippen LogP contribution in [0.2, 0.25) is 5.02 Å². The standard InChI is InChI=1S/C13H16ClNO4S/c1-19-12-5-4-11(14)7-13(12)20(17,18)15-6-2-3-10(8-15)9-16/h4-5,7,9-10H,2-3,6,8H2,1H3. The van der Waals surface area contributed by atoms with Crippen molar-refractivity contribution in [3.05, 3.63) is 23.2 Å². The number of benzene rings is 1. The normalized spacial score (nSPS) is 20.6. The van der Waals surface area contributed by atoms with Crippen LogP contribution in [-0.4, -0.2) is 39.2 Å². The summed E-state index contributed by atoms with van der Waals surface area (Å²) in [4.78, 5) is 10.9. The van der Waals surface area contributed by atoms with Gasteiger partial charge in [-0.1, -0.05) is 11.6 Å². The van der Waals surface area contributed by atoms with Crippen molar-refractivity contribution in [2.75, 3.05) is 20.2 Å². The zero-order chi connectivity index (χ0) is 14.8. The maximum Gasteiger partial charge on any atom is 0.246 e. The van der Waals surface area contributed by atoms with Crippen LogP contribution in [0.5, 0.6) is 5.75 Å². The molecule has 1 aliphatic rings. The first kappa shape index (κ1) is 15.3. The van der Waals surface area contributed by atoms with Crippen LogP contribution in [0.25, 0.3) is 0 Å². The molecule has 5 nitrogen and oxygen atoms in total. The molecule has 0 saturated carbocycles. The Bertz CT molecular complexity index is 602. The van der Waals surface area contributed by atoms with Crippen LogP contribution in [-0.2, 0) is 14.8 Å². The largest absolute Gasteiger partial charge is 0.495 e. The van der Waals surface area contributed by atoms with Crippen molar-refractivity contribution in [2.24, 2.45) is 5.92 Å². The molecule has 1 unspecified atom stereocenters. The monoisotopic (exact) mass is 317 g/mol. The second-order valence-electron chi connectivity index (χ2n) is 4.70. The van der Waals surface area contributed by atoms with Gasteiger partial charge in [-0.15, -0.1) is 0 Å². The Hall–Kier alpha value is -1.11. The van der Waals surface area contributed by atoms with E-state index < -0.39 is 10.0 Å². The maximum absolute atomic E-state index is 12.7. The summed E-state index contributed by atoms with van der Waals surface area (Å²) in [6, 6.07) is 4.47. The molecule has 2 rings (SSSR count). The van der Waals surface area contributed by atoms with Gasteiger partial charge in [0.25, 0.3) is 0 Å². The number of carbonyl (C=O) groups is 1. The van der Waals surface area contributed by atoms with Gasteiger partial charge in [0.2, 0.25) is 10.0 Å². The minimum absolute atomic E-state index is 0.0408. The van der Waals surface area contributed by atoms with E-state index in [1.807, 2.05) is 0 Å². The van der Waals surface area contributed by atoms with E-state index in [9.17, 15) is 13.2 Å². The molecule has 1 aromatic rings. The lowest BCUT2D eigenvalue weighted by molar-refractivity contribution is -0.112. The molecule has 20 heavy (non-hydrogen) atoms. The van der Waals surface area contributed by atoms with E-state index in [1.54, 1.807) is 6.07 Å². The van der Waals surface area contributed by atoms with Crippen LogP contribution in [0.1, 0.15) is 12.8 Å². The summed E-state index contributed by atoms with van der Waals surface area (Å²) < 4.78 is 31.7. The second kappa shape index (κ2) is 6.11. The summed E-state index contributed by atoms with van der Waals surface area (Å²) in [6.45, 7) is 0.615. The molecule has 0 amide bonds. The molecule has 0 bridgehead atoms. The van der Waals surface area contributed by atoms with Gasteiger partial charge in [-0.2, -0.15) is 4.31 Å². The Kier molecular flexibility index (Phi) is 4.67. The quantitative estimate of drug-likeness (QED) is 0.796. The molecule has 0 aliphatic carbocycles. The van der Waals surface area contributed by atoms with Crippen molar-refractivity contribution in [1.82, 2.24) is 4.31 Å². The smallest absolute Gasteiger partial charge is 0.246 e. The van der Waals surface area contributed by atoms with E-state index in [2.05, 4.69) is 0 Å². The van der Waals surface area contributed by atoms with E-state index in [1.165, 1.54) is 23.5 Å². The number of hydrogen-bond donors (Lipinski definition) is 0. The van der Waals surface area contributed by atoms with Crippen LogP contribution in [0.4, 0.5) is 0 Å². The molecule has 0 aromatic heterocycles. The van der Waals surface area contributed by atoms with E-state index in [4.69, 9.17) is 16.3 Å². The number of nitrogens with zero attached hydrogens (tertiary/aromatic N) is 1. The molecule has 1 heterocycles. The summed E-state index contributed by atoms with van der Waals surface area (Å²) in [5, 5.41) is 0.327. The number of piperidine rings is 1. The molecule has 7 heteroatoms. The van der Waals surface area contributed by atoms with E-state index in [0.29, 0.717) is 18.0 Å². The lowest BCUT2D eigenvalue weighted by Gasteiger charge is -2.29. The van der Waals surface area contributed by atoms with Gasteiger partial charge in [0.05, 0.1) is 7.11 Å². The number of ether oxygens (including phenoxy) is 1. The van der Waals surface area contributed by atoms with Crippen molar-refractivity contribution >= 4 is 27.9 Å². The summed E-state index contributed by atoms with van der Waals surface area (Å²) in [7, 11) is -2.30. The number of aldehydes is 1. The Morgan fingerprint density at radius 1 is 1.45 bits per heavy atom. The highest BCUT2D eigenvalue weighted by Crippen LogP contribution is 2.31. The molecule has 0 radical (unpaired) electrons. The number of methoxy groups -OCH3 is 1. The van der Waals surface area contributed by atoms with Crippen LogP contribution in [0, 0.1) is 5.92 Å². The third-order valence-electron chi connectivity index (χ3n) is 3.36. The number of hydrogen-bond acceptors (Lipinski definition) is 4. The first-order valence-corrected chi connectivity index (χ1v) is 8.10. The lowest BCUT2D eigenvalue weighted by Crippen LogP contribution is -2.40. The second-order valence-corrected chi connectivity index (χ2v) is 7.04. The molecule has 1 atom stereocenters. The molecule has 1 saturated heterocycles. The lowest BCUT2D eigenvalue weighted by atomic mass is 10.0. The van der Waals surface area contributed by atoms with Gasteiger partial charge >= 0.3 is 0 Å². The van der Waals surface area contributed by atoms with Crippen LogP contribution in [0.15, 0.2) is 23.1 Å². The average Bonchev–Trinajstić information content (AvgIpc) is 2.47. The molecular weight excluding hydrogens is 302 g/mol. The summed E-state index contributed by atoms with van der Waals surface area (Å²) >= 11 is 5.88. The predicted octanol–water partition coefficient (Wildman–Crippen LogP) is 1.95. The number of rotatable bonds is 4. The Balaban J connectivity index is 2.39. The molecule has 1 aliphatic heterocycles. The summed E-state index contributed by atoms with van der Waals surface area (Å²) in [5.74, 6) is 0.00586. The SMILES string of the molecule is COc1ccc(Cl)cc1S(=O)(=O)N1CCCC(C=O)C1. The first-order valence-electron chi connectivity index (χ1n) is 6.28. The van der Waals surface area contributed by atoms with Gasteiger partial charge in [0.15, 0.2) is 0 Å². The Morgan fingerprint density at radius 2 is 2.20 bits per heavy atom. The zero-order valence-electron chi connectivity index (χ0n) is 11.1. The van der Waals surface area contributed by atoms with E-state index in [0.717, 1.165) is 12.7 Å². The minimum Gasteiger partial charge on any atom is -0.495 e. The number of halogens is 1. The molecular formula is C13H16ClNO4S. The van der Waals surface area contributed by atoms with Crippen molar-refractivity contribution in [3.8, 4) is 5.75 Å². The van der Waals surface area contributed by atoms with Gasteiger partial charge in [0.1, 0.15) is 16.9 Å². The highest BCUT2D eigenvalue weighted by Gasteiger charge is 2.32. The highest BCUT2D eigenvalue weighted by molar-refractivity contribution is 7.89. The molecule has 1 aromatic carbocycles. The summed E-state index contributed by atoms with van der Waals surface area (Å²) in [6.07, 6.45) is 2.21. The third kappa shape index (κ3) is 2.97. The highest BCUT2D eigenvalue weighted by atomic mass is 35.5. The average molecular weight is 318 g/mol. The fourth-order valence-electron chi connectivity index (χ4n) is 2.29. The van der Waals surface area contributed by atoms with Crippen LogP contribution < -0.4 is 4.74 Å². The topological polar surface area (TPSA) is 63.7 Å². The van der Waals surface area contributed by atoms with Gasteiger partial charge in [0, 0.05) is 24.0 Å². The Labute approximate surface area is 123 Å². The number of carbonyl (C=O) groups excluding carboxylic acids is 1. The van der Waals surface area contributed by atoms with Crippen molar-refractivity contribution in [2.45, 2.75) is 17.7 Å². The molecule has 1 fully saturated rings. The van der Waals surface area contributed by atoms with Gasteiger partial charge in [-0.25, -0.2) is 8.42 Å². The maximum atomic E-state index is 12.7. The van der Waals surface area contributed by atoms with Crippen molar-refractivity contribution < 1.29 is 17.9 Å². The zero-order valence-corrected chi connectivity index (χ0v) is 12.7. The van der Waals surface area contributed by atoms with E-state index in [-0.39, 0.29) is 23.1 Å². The molecule has 110 valence electrons. The molecule has 0 spiro atoms. The fourth-order valence-corrected chi connectivity index (χ4v) is 4.25. The summed E-state index contributed by atoms with van der Waals surface area (Å²) in [5.41, 5.74) is 0. The van der Waals surface area contributed by atoms with Crippen molar-refractivity contribution in [3.63, 3.8) is 0 Å². The predicted molar refractivity (Wildman–Crippen MR) is 75.6 cm³/mol. The van der Waals surface area contributed by atoms with Crippen molar-refractivity contribution in [1.29, 1.82) is 0 Å². The van der Waals surface area contributed by atoms with Crippen LogP contribution in [0.3, 0.4) is 0 Å². The minimum atomic E-state index is -3.71. The van der Waals surface area contributed by atoms with Gasteiger partial charge in [-0.05, 0) is 31.0 Å². The van der Waals surface area contributed by atoms with Gasteiger partial charge in [-0.3, -0.25) is 0 Å². The molecule has 0 N–H and O–H groups in total. The van der Waals surface area contributed by atoms with E-state index >= 15 is 0 Å². The number of sulfonamides is 1. The third-order valence-corrected chi connectivity index (χ3v) is 5.48.